The van der Waals surface area contributed by atoms with E-state index >= 15 is 0 Å². The first kappa shape index (κ1) is 16.5. The van der Waals surface area contributed by atoms with Crippen molar-refractivity contribution in [3.8, 4) is 0 Å². The predicted molar refractivity (Wildman–Crippen MR) is 85.7 cm³/mol. The molecular weight excluding hydrogens is 284 g/mol. The van der Waals surface area contributed by atoms with Crippen LogP contribution in [0.3, 0.4) is 0 Å². The molecule has 0 heterocycles. The predicted octanol–water partition coefficient (Wildman–Crippen LogP) is 2.83. The molecule has 0 aliphatic heterocycles. The molecule has 1 aliphatic carbocycles. The van der Waals surface area contributed by atoms with Crippen molar-refractivity contribution in [3.05, 3.63) is 29.8 Å². The zero-order valence-electron chi connectivity index (χ0n) is 12.9. The number of hydrogen-bond donors (Lipinski definition) is 2. The standard InChI is InChI=1S/C16H26N2O2S/c1-3-11-17-13(2)15-7-9-16(10-8-15)21(19,20)18-12-14-5-4-6-14/h7-10,13-14,17-18H,3-6,11-12H2,1-2H3. The van der Waals surface area contributed by atoms with Gasteiger partial charge in [0.1, 0.15) is 0 Å². The maximum absolute atomic E-state index is 12.2. The third-order valence-electron chi connectivity index (χ3n) is 4.18. The fourth-order valence-electron chi connectivity index (χ4n) is 2.42. The second kappa shape index (κ2) is 7.38. The quantitative estimate of drug-likeness (QED) is 0.776. The van der Waals surface area contributed by atoms with Crippen LogP contribution in [-0.4, -0.2) is 21.5 Å². The summed E-state index contributed by atoms with van der Waals surface area (Å²) in [5.74, 6) is 0.525. The molecule has 0 radical (unpaired) electrons. The summed E-state index contributed by atoms with van der Waals surface area (Å²) in [5, 5.41) is 3.40. The molecule has 1 aliphatic rings. The van der Waals surface area contributed by atoms with E-state index in [0.717, 1.165) is 31.4 Å². The SMILES string of the molecule is CCCNC(C)c1ccc(S(=O)(=O)NCC2CCC2)cc1. The molecule has 0 saturated heterocycles. The highest BCUT2D eigenvalue weighted by atomic mass is 32.2. The van der Waals surface area contributed by atoms with Crippen molar-refractivity contribution in [2.24, 2.45) is 5.92 Å². The largest absolute Gasteiger partial charge is 0.310 e. The summed E-state index contributed by atoms with van der Waals surface area (Å²) in [6.45, 7) is 5.75. The summed E-state index contributed by atoms with van der Waals surface area (Å²) in [5.41, 5.74) is 1.11. The fourth-order valence-corrected chi connectivity index (χ4v) is 3.54. The van der Waals surface area contributed by atoms with Crippen molar-refractivity contribution < 1.29 is 8.42 Å². The minimum atomic E-state index is -3.36. The smallest absolute Gasteiger partial charge is 0.240 e. The second-order valence-corrected chi connectivity index (χ2v) is 7.66. The van der Waals surface area contributed by atoms with Gasteiger partial charge in [-0.2, -0.15) is 0 Å². The van der Waals surface area contributed by atoms with Crippen LogP contribution >= 0.6 is 0 Å². The summed E-state index contributed by atoms with van der Waals surface area (Å²) in [6, 6.07) is 7.42. The lowest BCUT2D eigenvalue weighted by molar-refractivity contribution is 0.316. The van der Waals surface area contributed by atoms with Crippen LogP contribution in [0.4, 0.5) is 0 Å². The molecule has 1 atom stereocenters. The van der Waals surface area contributed by atoms with Gasteiger partial charge in [0.05, 0.1) is 4.90 Å². The molecule has 0 amide bonds. The molecule has 1 aromatic rings. The first-order chi connectivity index (χ1) is 10.0. The number of hydrogen-bond acceptors (Lipinski definition) is 3. The van der Waals surface area contributed by atoms with Crippen molar-refractivity contribution in [2.75, 3.05) is 13.1 Å². The van der Waals surface area contributed by atoms with Gasteiger partial charge in [-0.15, -0.1) is 0 Å². The minimum Gasteiger partial charge on any atom is -0.310 e. The Balaban J connectivity index is 1.96. The average molecular weight is 310 g/mol. The maximum Gasteiger partial charge on any atom is 0.240 e. The minimum absolute atomic E-state index is 0.240. The van der Waals surface area contributed by atoms with Crippen molar-refractivity contribution in [1.82, 2.24) is 10.0 Å². The molecular formula is C16H26N2O2S. The Morgan fingerprint density at radius 1 is 1.24 bits per heavy atom. The monoisotopic (exact) mass is 310 g/mol. The highest BCUT2D eigenvalue weighted by Crippen LogP contribution is 2.25. The summed E-state index contributed by atoms with van der Waals surface area (Å²) >= 11 is 0. The van der Waals surface area contributed by atoms with Gasteiger partial charge in [0.25, 0.3) is 0 Å². The van der Waals surface area contributed by atoms with Crippen LogP contribution in [0.5, 0.6) is 0 Å². The molecule has 2 rings (SSSR count). The molecule has 0 aromatic heterocycles. The van der Waals surface area contributed by atoms with Crippen LogP contribution in [0.25, 0.3) is 0 Å². The third kappa shape index (κ3) is 4.53. The molecule has 1 unspecified atom stereocenters. The summed E-state index contributed by atoms with van der Waals surface area (Å²) in [6.07, 6.45) is 4.59. The first-order valence-electron chi connectivity index (χ1n) is 7.86. The molecule has 5 heteroatoms. The Morgan fingerprint density at radius 2 is 1.90 bits per heavy atom. The Morgan fingerprint density at radius 3 is 2.43 bits per heavy atom. The van der Waals surface area contributed by atoms with E-state index in [1.165, 1.54) is 6.42 Å². The van der Waals surface area contributed by atoms with E-state index < -0.39 is 10.0 Å². The number of nitrogens with one attached hydrogen (secondary N) is 2. The number of benzene rings is 1. The normalized spacial score (nSPS) is 17.4. The van der Waals surface area contributed by atoms with Crippen LogP contribution in [-0.2, 0) is 10.0 Å². The molecule has 1 aromatic carbocycles. The maximum atomic E-state index is 12.2. The second-order valence-electron chi connectivity index (χ2n) is 5.89. The average Bonchev–Trinajstić information content (AvgIpc) is 2.43. The van der Waals surface area contributed by atoms with Crippen LogP contribution in [0, 0.1) is 5.92 Å². The van der Waals surface area contributed by atoms with Gasteiger partial charge in [-0.25, -0.2) is 13.1 Å². The Kier molecular flexibility index (Phi) is 5.79. The molecule has 118 valence electrons. The summed E-state index contributed by atoms with van der Waals surface area (Å²) < 4.78 is 27.1. The van der Waals surface area contributed by atoms with E-state index in [9.17, 15) is 8.42 Å². The molecule has 21 heavy (non-hydrogen) atoms. The van der Waals surface area contributed by atoms with Gasteiger partial charge in [0.2, 0.25) is 10.0 Å². The van der Waals surface area contributed by atoms with Gasteiger partial charge in [0, 0.05) is 12.6 Å². The molecule has 2 N–H and O–H groups in total. The van der Waals surface area contributed by atoms with Gasteiger partial charge >= 0.3 is 0 Å². The topological polar surface area (TPSA) is 58.2 Å². The highest BCUT2D eigenvalue weighted by molar-refractivity contribution is 7.89. The van der Waals surface area contributed by atoms with Crippen LogP contribution < -0.4 is 10.0 Å². The lowest BCUT2D eigenvalue weighted by atomic mass is 9.86. The van der Waals surface area contributed by atoms with E-state index in [2.05, 4.69) is 23.9 Å². The molecule has 1 saturated carbocycles. The Bertz CT molecular complexity index is 536. The molecule has 0 bridgehead atoms. The van der Waals surface area contributed by atoms with Crippen molar-refractivity contribution in [3.63, 3.8) is 0 Å². The van der Waals surface area contributed by atoms with E-state index in [1.807, 2.05) is 12.1 Å². The van der Waals surface area contributed by atoms with Gasteiger partial charge in [-0.1, -0.05) is 25.5 Å². The molecule has 1 fully saturated rings. The number of sulfonamides is 1. The third-order valence-corrected chi connectivity index (χ3v) is 5.62. The van der Waals surface area contributed by atoms with Crippen LogP contribution in [0.15, 0.2) is 29.2 Å². The Hall–Kier alpha value is -0.910. The van der Waals surface area contributed by atoms with E-state index in [-0.39, 0.29) is 6.04 Å². The molecule has 0 spiro atoms. The van der Waals surface area contributed by atoms with Crippen LogP contribution in [0.2, 0.25) is 0 Å². The first-order valence-corrected chi connectivity index (χ1v) is 9.34. The van der Waals surface area contributed by atoms with Crippen molar-refractivity contribution in [1.29, 1.82) is 0 Å². The van der Waals surface area contributed by atoms with Gasteiger partial charge < -0.3 is 5.32 Å². The van der Waals surface area contributed by atoms with Gasteiger partial charge in [-0.3, -0.25) is 0 Å². The van der Waals surface area contributed by atoms with Gasteiger partial charge in [-0.05, 0) is 56.3 Å². The van der Waals surface area contributed by atoms with E-state index in [0.29, 0.717) is 17.4 Å². The zero-order valence-corrected chi connectivity index (χ0v) is 13.7. The zero-order chi connectivity index (χ0) is 15.3. The Labute approximate surface area is 128 Å². The summed E-state index contributed by atoms with van der Waals surface area (Å²) in [7, 11) is -3.36. The highest BCUT2D eigenvalue weighted by Gasteiger charge is 2.21. The lowest BCUT2D eigenvalue weighted by Crippen LogP contribution is -2.32. The summed E-state index contributed by atoms with van der Waals surface area (Å²) in [4.78, 5) is 0.355. The van der Waals surface area contributed by atoms with Gasteiger partial charge in [0.15, 0.2) is 0 Å². The molecule has 4 nitrogen and oxygen atoms in total. The van der Waals surface area contributed by atoms with E-state index in [4.69, 9.17) is 0 Å². The van der Waals surface area contributed by atoms with Crippen molar-refractivity contribution >= 4 is 10.0 Å². The van der Waals surface area contributed by atoms with E-state index in [1.54, 1.807) is 12.1 Å². The lowest BCUT2D eigenvalue weighted by Gasteiger charge is -2.25. The fraction of sp³-hybridized carbons (Fsp3) is 0.625. The van der Waals surface area contributed by atoms with Crippen LogP contribution in [0.1, 0.15) is 51.1 Å². The number of rotatable bonds is 8. The van der Waals surface area contributed by atoms with Crippen molar-refractivity contribution in [2.45, 2.75) is 50.5 Å².